The van der Waals surface area contributed by atoms with Gasteiger partial charge < -0.3 is 9.72 Å². The number of aromatic amines is 1. The zero-order valence-electron chi connectivity index (χ0n) is 14.4. The number of H-pyrrole nitrogens is 1. The van der Waals surface area contributed by atoms with Crippen molar-refractivity contribution in [3.63, 3.8) is 0 Å². The van der Waals surface area contributed by atoms with Gasteiger partial charge in [0.25, 0.3) is 0 Å². The number of hydrogen-bond acceptors (Lipinski definition) is 5. The highest BCUT2D eigenvalue weighted by Gasteiger charge is 2.13. The Balaban J connectivity index is 1.63. The minimum Gasteiger partial charge on any atom is -0.465 e. The number of thiazole rings is 1. The summed E-state index contributed by atoms with van der Waals surface area (Å²) in [4.78, 5) is 25.5. The van der Waals surface area contributed by atoms with Crippen LogP contribution in [0.25, 0.3) is 21.6 Å². The predicted molar refractivity (Wildman–Crippen MR) is 103 cm³/mol. The highest BCUT2D eigenvalue weighted by atomic mass is 32.1. The Morgan fingerprint density at radius 3 is 2.73 bits per heavy atom. The molecule has 130 valence electrons. The number of nitrogens with zero attached hydrogens (tertiary/aromatic N) is 2. The van der Waals surface area contributed by atoms with Crippen LogP contribution in [0.1, 0.15) is 26.8 Å². The molecule has 0 bridgehead atoms. The number of benzene rings is 2. The summed E-state index contributed by atoms with van der Waals surface area (Å²) >= 11 is 1.68. The smallest absolute Gasteiger partial charge is 0.337 e. The molecule has 0 radical (unpaired) electrons. The quantitative estimate of drug-likeness (QED) is 0.547. The fourth-order valence-electron chi connectivity index (χ4n) is 2.84. The van der Waals surface area contributed by atoms with Crippen LogP contribution in [0.4, 0.5) is 0 Å². The summed E-state index contributed by atoms with van der Waals surface area (Å²) in [6.45, 7) is 2.02. The third-order valence-electron chi connectivity index (χ3n) is 4.19. The Hall–Kier alpha value is -2.99. The summed E-state index contributed by atoms with van der Waals surface area (Å²) in [6, 6.07) is 15.5. The van der Waals surface area contributed by atoms with Crippen molar-refractivity contribution in [1.29, 1.82) is 0 Å². The molecule has 0 atom stereocenters. The Labute approximate surface area is 154 Å². The summed E-state index contributed by atoms with van der Waals surface area (Å²) in [7, 11) is 1.37. The van der Waals surface area contributed by atoms with E-state index < -0.39 is 0 Å². The molecule has 4 rings (SSSR count). The van der Waals surface area contributed by atoms with E-state index >= 15 is 0 Å². The molecule has 2 aromatic carbocycles. The van der Waals surface area contributed by atoms with Gasteiger partial charge in [-0.05, 0) is 25.1 Å². The summed E-state index contributed by atoms with van der Waals surface area (Å²) in [5, 5.41) is 1.02. The molecule has 1 N–H and O–H groups in total. The van der Waals surface area contributed by atoms with Crippen LogP contribution >= 0.6 is 11.3 Å². The van der Waals surface area contributed by atoms with Crippen molar-refractivity contribution in [3.05, 3.63) is 70.5 Å². The van der Waals surface area contributed by atoms with Gasteiger partial charge in [-0.25, -0.2) is 14.8 Å². The van der Waals surface area contributed by atoms with E-state index in [4.69, 9.17) is 9.72 Å². The van der Waals surface area contributed by atoms with Gasteiger partial charge in [0.2, 0.25) is 0 Å². The second-order valence-electron chi connectivity index (χ2n) is 5.98. The molecular formula is C20H17N3O2S. The maximum absolute atomic E-state index is 11.7. The van der Waals surface area contributed by atoms with Gasteiger partial charge in [0, 0.05) is 16.9 Å². The van der Waals surface area contributed by atoms with Crippen LogP contribution < -0.4 is 0 Å². The first-order chi connectivity index (χ1) is 12.6. The third kappa shape index (κ3) is 3.11. The topological polar surface area (TPSA) is 67.9 Å². The highest BCUT2D eigenvalue weighted by molar-refractivity contribution is 7.15. The zero-order valence-corrected chi connectivity index (χ0v) is 15.3. The number of methoxy groups -OCH3 is 1. The van der Waals surface area contributed by atoms with Crippen molar-refractivity contribution >= 4 is 28.3 Å². The third-order valence-corrected chi connectivity index (χ3v) is 5.40. The van der Waals surface area contributed by atoms with Crippen molar-refractivity contribution in [2.75, 3.05) is 7.11 Å². The van der Waals surface area contributed by atoms with Gasteiger partial charge in [-0.2, -0.15) is 0 Å². The summed E-state index contributed by atoms with van der Waals surface area (Å²) in [6.07, 6.45) is 0.679. The van der Waals surface area contributed by atoms with Crippen LogP contribution in [0.5, 0.6) is 0 Å². The molecule has 0 saturated carbocycles. The second-order valence-corrected chi connectivity index (χ2v) is 7.06. The molecule has 4 aromatic rings. The van der Waals surface area contributed by atoms with Crippen LogP contribution in [0.15, 0.2) is 48.5 Å². The average molecular weight is 363 g/mol. The van der Waals surface area contributed by atoms with Crippen LogP contribution in [-0.2, 0) is 11.2 Å². The number of esters is 1. The van der Waals surface area contributed by atoms with E-state index in [0.717, 1.165) is 33.1 Å². The zero-order chi connectivity index (χ0) is 18.1. The van der Waals surface area contributed by atoms with Crippen molar-refractivity contribution in [2.24, 2.45) is 0 Å². The normalized spacial score (nSPS) is 11.0. The molecule has 2 heterocycles. The first-order valence-corrected chi connectivity index (χ1v) is 9.04. The Bertz CT molecular complexity index is 1080. The number of rotatable bonds is 4. The number of aryl methyl sites for hydroxylation is 1. The lowest BCUT2D eigenvalue weighted by atomic mass is 10.2. The first kappa shape index (κ1) is 16.5. The van der Waals surface area contributed by atoms with E-state index in [2.05, 4.69) is 22.1 Å². The van der Waals surface area contributed by atoms with Crippen LogP contribution in [0, 0.1) is 6.92 Å². The van der Waals surface area contributed by atoms with E-state index in [0.29, 0.717) is 12.0 Å². The molecule has 0 fully saturated rings. The fraction of sp³-hybridized carbons (Fsp3) is 0.150. The van der Waals surface area contributed by atoms with E-state index in [-0.39, 0.29) is 5.97 Å². The van der Waals surface area contributed by atoms with Crippen molar-refractivity contribution in [1.82, 2.24) is 15.0 Å². The number of hydrogen-bond donors (Lipinski definition) is 1. The van der Waals surface area contributed by atoms with Gasteiger partial charge >= 0.3 is 5.97 Å². The number of ether oxygens (including phenoxy) is 1. The second kappa shape index (κ2) is 6.72. The van der Waals surface area contributed by atoms with Crippen LogP contribution in [-0.4, -0.2) is 28.0 Å². The number of carbonyl (C=O) groups excluding carboxylic acids is 1. The monoisotopic (exact) mass is 363 g/mol. The van der Waals surface area contributed by atoms with E-state index in [1.54, 1.807) is 23.5 Å². The number of fused-ring (bicyclic) bond motifs is 1. The highest BCUT2D eigenvalue weighted by Crippen LogP contribution is 2.29. The largest absolute Gasteiger partial charge is 0.465 e. The molecular weight excluding hydrogens is 346 g/mol. The van der Waals surface area contributed by atoms with Crippen molar-refractivity contribution in [2.45, 2.75) is 13.3 Å². The van der Waals surface area contributed by atoms with E-state index in [1.165, 1.54) is 12.0 Å². The molecule has 6 heteroatoms. The van der Waals surface area contributed by atoms with Crippen molar-refractivity contribution in [3.8, 4) is 10.6 Å². The molecule has 0 spiro atoms. The van der Waals surface area contributed by atoms with Gasteiger partial charge in [-0.3, -0.25) is 0 Å². The molecule has 0 aliphatic carbocycles. The molecule has 26 heavy (non-hydrogen) atoms. The lowest BCUT2D eigenvalue weighted by molar-refractivity contribution is 0.0601. The standard InChI is InChI=1S/C20H17N3O2S/c1-12-17(26-19(21-12)13-6-4-3-5-7-13)11-18-22-15-9-8-14(20(24)25-2)10-16(15)23-18/h3-10H,11H2,1-2H3,(H,22,23). The van der Waals surface area contributed by atoms with Gasteiger partial charge in [-0.1, -0.05) is 30.3 Å². The summed E-state index contributed by atoms with van der Waals surface area (Å²) in [5.74, 6) is 0.496. The SMILES string of the molecule is COC(=O)c1ccc2[nH]c(Cc3sc(-c4ccccc4)nc3C)nc2c1. The fourth-order valence-corrected chi connectivity index (χ4v) is 3.91. The van der Waals surface area contributed by atoms with E-state index in [9.17, 15) is 4.79 Å². The number of nitrogens with one attached hydrogen (secondary N) is 1. The first-order valence-electron chi connectivity index (χ1n) is 8.22. The molecule has 0 aliphatic rings. The molecule has 5 nitrogen and oxygen atoms in total. The van der Waals surface area contributed by atoms with Crippen molar-refractivity contribution < 1.29 is 9.53 Å². The number of aromatic nitrogens is 3. The summed E-state index contributed by atoms with van der Waals surface area (Å²) < 4.78 is 4.76. The molecule has 0 saturated heterocycles. The van der Waals surface area contributed by atoms with Gasteiger partial charge in [0.1, 0.15) is 10.8 Å². The van der Waals surface area contributed by atoms with Gasteiger partial charge in [0.05, 0.1) is 29.4 Å². The maximum Gasteiger partial charge on any atom is 0.337 e. The Morgan fingerprint density at radius 2 is 1.96 bits per heavy atom. The molecule has 0 aliphatic heterocycles. The lowest BCUT2D eigenvalue weighted by Crippen LogP contribution is -2.00. The molecule has 0 unspecified atom stereocenters. The van der Waals surface area contributed by atoms with Crippen LogP contribution in [0.2, 0.25) is 0 Å². The van der Waals surface area contributed by atoms with Gasteiger partial charge in [0.15, 0.2) is 0 Å². The molecule has 0 amide bonds. The van der Waals surface area contributed by atoms with E-state index in [1.807, 2.05) is 31.2 Å². The molecule has 2 aromatic heterocycles. The van der Waals surface area contributed by atoms with Crippen LogP contribution in [0.3, 0.4) is 0 Å². The lowest BCUT2D eigenvalue weighted by Gasteiger charge is -1.97. The Morgan fingerprint density at radius 1 is 1.15 bits per heavy atom. The number of carbonyl (C=O) groups is 1. The Kier molecular flexibility index (Phi) is 4.26. The number of imidazole rings is 1. The van der Waals surface area contributed by atoms with Gasteiger partial charge in [-0.15, -0.1) is 11.3 Å². The predicted octanol–water partition coefficient (Wildman–Crippen LogP) is 4.37. The summed E-state index contributed by atoms with van der Waals surface area (Å²) in [5.41, 5.74) is 4.30. The average Bonchev–Trinajstić information content (AvgIpc) is 3.24. The minimum atomic E-state index is -0.359. The maximum atomic E-state index is 11.7. The minimum absolute atomic E-state index is 0.359.